The van der Waals surface area contributed by atoms with Crippen molar-refractivity contribution in [2.45, 2.75) is 44.0 Å². The Bertz CT molecular complexity index is 1250. The zero-order valence-electron chi connectivity index (χ0n) is 18.5. The van der Waals surface area contributed by atoms with Crippen LogP contribution in [0.4, 0.5) is 0 Å². The summed E-state index contributed by atoms with van der Waals surface area (Å²) >= 11 is 0. The van der Waals surface area contributed by atoms with E-state index in [4.69, 9.17) is 10.5 Å². The van der Waals surface area contributed by atoms with Gasteiger partial charge in [-0.25, -0.2) is 10.4 Å². The second-order valence-electron chi connectivity index (χ2n) is 9.24. The number of hydrogen-bond acceptors (Lipinski definition) is 5. The van der Waals surface area contributed by atoms with E-state index in [0.29, 0.717) is 24.5 Å². The molecule has 0 radical (unpaired) electrons. The summed E-state index contributed by atoms with van der Waals surface area (Å²) < 4.78 is 6.04. The first-order chi connectivity index (χ1) is 16.2. The van der Waals surface area contributed by atoms with Gasteiger partial charge in [-0.3, -0.25) is 5.43 Å². The third-order valence-electron chi connectivity index (χ3n) is 7.20. The van der Waals surface area contributed by atoms with Gasteiger partial charge in [0, 0.05) is 34.8 Å². The van der Waals surface area contributed by atoms with E-state index in [1.807, 2.05) is 36.5 Å². The Kier molecular flexibility index (Phi) is 5.34. The number of hydrazine groups is 1. The maximum atomic E-state index is 6.29. The van der Waals surface area contributed by atoms with Crippen LogP contribution in [0, 0.1) is 5.92 Å². The van der Waals surface area contributed by atoms with Gasteiger partial charge in [0.15, 0.2) is 0 Å². The molecule has 2 aliphatic rings. The van der Waals surface area contributed by atoms with Crippen LogP contribution in [-0.4, -0.2) is 22.2 Å². The van der Waals surface area contributed by atoms with Crippen molar-refractivity contribution in [1.29, 1.82) is 0 Å². The highest BCUT2D eigenvalue weighted by Gasteiger charge is 2.39. The van der Waals surface area contributed by atoms with Gasteiger partial charge in [-0.05, 0) is 60.6 Å². The van der Waals surface area contributed by atoms with Crippen molar-refractivity contribution in [2.75, 3.05) is 0 Å². The fraction of sp³-hybridized carbons (Fsp3) is 0.296. The van der Waals surface area contributed by atoms with Crippen LogP contribution >= 0.6 is 0 Å². The monoisotopic (exact) mass is 439 g/mol. The van der Waals surface area contributed by atoms with E-state index < -0.39 is 0 Å². The molecule has 6 nitrogen and oxygen atoms in total. The van der Waals surface area contributed by atoms with E-state index in [1.54, 1.807) is 0 Å². The molecule has 1 aliphatic heterocycles. The van der Waals surface area contributed by atoms with Gasteiger partial charge >= 0.3 is 0 Å². The molecule has 0 bridgehead atoms. The molecule has 168 valence electrons. The third kappa shape index (κ3) is 4.02. The molecule has 2 aromatic heterocycles. The molecule has 3 heterocycles. The summed E-state index contributed by atoms with van der Waals surface area (Å²) in [6, 6.07) is 23.4. The minimum absolute atomic E-state index is 0.0236. The Labute approximate surface area is 193 Å². The lowest BCUT2D eigenvalue weighted by atomic mass is 9.74. The largest absolute Gasteiger partial charge is 0.489 e. The Morgan fingerprint density at radius 3 is 2.79 bits per heavy atom. The van der Waals surface area contributed by atoms with E-state index in [1.165, 1.54) is 10.9 Å². The molecule has 2 aromatic carbocycles. The van der Waals surface area contributed by atoms with E-state index >= 15 is 0 Å². The Balaban J connectivity index is 1.26. The average Bonchev–Trinajstić information content (AvgIpc) is 3.47. The van der Waals surface area contributed by atoms with Crippen LogP contribution in [0.5, 0.6) is 5.75 Å². The summed E-state index contributed by atoms with van der Waals surface area (Å²) in [6.45, 7) is 0.554. The molecule has 4 aromatic rings. The molecule has 5 N–H and O–H groups in total. The number of nitrogens with one attached hydrogen (secondary N) is 3. The number of pyridine rings is 1. The van der Waals surface area contributed by atoms with Crippen LogP contribution in [0.25, 0.3) is 22.3 Å². The molecule has 1 saturated carbocycles. The summed E-state index contributed by atoms with van der Waals surface area (Å²) in [6.07, 6.45) is 5.33. The minimum Gasteiger partial charge on any atom is -0.489 e. The normalized spacial score (nSPS) is 24.6. The third-order valence-corrected chi connectivity index (χ3v) is 7.20. The van der Waals surface area contributed by atoms with Gasteiger partial charge in [-0.15, -0.1) is 0 Å². The quantitative estimate of drug-likeness (QED) is 0.369. The number of rotatable bonds is 5. The van der Waals surface area contributed by atoms with Crippen molar-refractivity contribution >= 4 is 11.0 Å². The first-order valence-electron chi connectivity index (χ1n) is 11.8. The van der Waals surface area contributed by atoms with Crippen molar-refractivity contribution in [2.24, 2.45) is 11.7 Å². The van der Waals surface area contributed by atoms with Gasteiger partial charge in [0.1, 0.15) is 18.0 Å². The fourth-order valence-corrected chi connectivity index (χ4v) is 5.43. The molecule has 6 heteroatoms. The number of ether oxygens (including phenoxy) is 1. The number of hydrogen-bond donors (Lipinski definition) is 4. The Morgan fingerprint density at radius 1 is 0.970 bits per heavy atom. The lowest BCUT2D eigenvalue weighted by molar-refractivity contribution is 0.279. The van der Waals surface area contributed by atoms with Crippen molar-refractivity contribution in [3.8, 4) is 17.0 Å². The number of nitrogens with two attached hydrogens (primary N) is 1. The van der Waals surface area contributed by atoms with Gasteiger partial charge < -0.3 is 15.5 Å². The van der Waals surface area contributed by atoms with Gasteiger partial charge in [0.25, 0.3) is 0 Å². The van der Waals surface area contributed by atoms with Gasteiger partial charge in [-0.1, -0.05) is 42.5 Å². The van der Waals surface area contributed by atoms with Crippen molar-refractivity contribution in [3.05, 3.63) is 84.1 Å². The van der Waals surface area contributed by atoms with Crippen molar-refractivity contribution in [3.63, 3.8) is 0 Å². The van der Waals surface area contributed by atoms with Crippen molar-refractivity contribution in [1.82, 2.24) is 20.8 Å². The van der Waals surface area contributed by atoms with E-state index in [0.717, 1.165) is 47.5 Å². The predicted octanol–water partition coefficient (Wildman–Crippen LogP) is 4.45. The van der Waals surface area contributed by atoms with Crippen LogP contribution in [-0.2, 0) is 6.61 Å². The maximum absolute atomic E-state index is 6.29. The lowest BCUT2D eigenvalue weighted by Gasteiger charge is -2.32. The maximum Gasteiger partial charge on any atom is 0.137 e. The van der Waals surface area contributed by atoms with Gasteiger partial charge in [0.2, 0.25) is 0 Å². The zero-order valence-corrected chi connectivity index (χ0v) is 18.5. The highest BCUT2D eigenvalue weighted by molar-refractivity contribution is 5.86. The van der Waals surface area contributed by atoms with E-state index in [9.17, 15) is 0 Å². The molecule has 1 saturated heterocycles. The van der Waals surface area contributed by atoms with Crippen LogP contribution in [0.15, 0.2) is 72.9 Å². The lowest BCUT2D eigenvalue weighted by Crippen LogP contribution is -2.39. The summed E-state index contributed by atoms with van der Waals surface area (Å²) in [7, 11) is 0. The molecule has 4 atom stereocenters. The second-order valence-corrected chi connectivity index (χ2v) is 9.24. The molecular formula is C27H29N5O. The highest BCUT2D eigenvalue weighted by Crippen LogP contribution is 2.41. The first kappa shape index (κ1) is 20.4. The number of aromatic nitrogens is 2. The van der Waals surface area contributed by atoms with Crippen LogP contribution in [0.3, 0.4) is 0 Å². The smallest absolute Gasteiger partial charge is 0.137 e. The number of nitrogens with zero attached hydrogens (tertiary/aromatic N) is 1. The molecule has 6 rings (SSSR count). The fourth-order valence-electron chi connectivity index (χ4n) is 5.43. The average molecular weight is 440 g/mol. The predicted molar refractivity (Wildman–Crippen MR) is 130 cm³/mol. The minimum atomic E-state index is 0.0236. The molecular weight excluding hydrogens is 410 g/mol. The molecule has 0 spiro atoms. The van der Waals surface area contributed by atoms with Crippen molar-refractivity contribution < 1.29 is 4.74 Å². The summed E-state index contributed by atoms with van der Waals surface area (Å²) in [5.41, 5.74) is 18.5. The molecule has 33 heavy (non-hydrogen) atoms. The van der Waals surface area contributed by atoms with E-state index in [2.05, 4.69) is 57.2 Å². The Hall–Kier alpha value is -3.19. The molecule has 1 aliphatic carbocycles. The van der Waals surface area contributed by atoms with Crippen LogP contribution < -0.4 is 21.3 Å². The number of fused-ring (bicyclic) bond motifs is 2. The Morgan fingerprint density at radius 2 is 1.88 bits per heavy atom. The van der Waals surface area contributed by atoms with Gasteiger partial charge in [-0.2, -0.15) is 0 Å². The molecule has 4 unspecified atom stereocenters. The first-order valence-corrected chi connectivity index (χ1v) is 11.8. The molecule has 0 amide bonds. The summed E-state index contributed by atoms with van der Waals surface area (Å²) in [4.78, 5) is 8.16. The summed E-state index contributed by atoms with van der Waals surface area (Å²) in [5, 5.41) is 1.21. The standard InChI is InChI=1S/C27H29N5O/c28-26-23-14-18(9-10-24(23)31-32-26)21-11-12-29-27-22(21)15-25(30-27)19-7-4-8-20(13-19)33-16-17-5-2-1-3-6-17/h1-8,11-13,15,18,23-24,26,31-32H,9-10,14,16,28H2,(H,29,30). The number of H-pyrrole nitrogens is 1. The van der Waals surface area contributed by atoms with Gasteiger partial charge in [0.05, 0.1) is 6.17 Å². The SMILES string of the molecule is NC1NNC2CCC(c3ccnc4[nH]c(-c5cccc(OCc6ccccc6)c5)cc34)CC12. The van der Waals surface area contributed by atoms with Crippen LogP contribution in [0.2, 0.25) is 0 Å². The second kappa shape index (κ2) is 8.63. The van der Waals surface area contributed by atoms with E-state index in [-0.39, 0.29) is 6.17 Å². The number of benzene rings is 2. The van der Waals surface area contributed by atoms with Crippen LogP contribution in [0.1, 0.15) is 36.3 Å². The topological polar surface area (TPSA) is 88.0 Å². The highest BCUT2D eigenvalue weighted by atomic mass is 16.5. The summed E-state index contributed by atoms with van der Waals surface area (Å²) in [5.74, 6) is 1.81. The molecule has 2 fully saturated rings. The number of aromatic amines is 1. The zero-order chi connectivity index (χ0) is 22.2.